The molecule has 0 spiro atoms. The molecule has 3 atom stereocenters. The van der Waals surface area contributed by atoms with E-state index in [0.717, 1.165) is 24.2 Å². The molecule has 0 N–H and O–H groups in total. The summed E-state index contributed by atoms with van der Waals surface area (Å²) in [5.74, 6) is -1.71. The van der Waals surface area contributed by atoms with E-state index in [2.05, 4.69) is 20.8 Å². The number of hydrogen-bond acceptors (Lipinski definition) is 6. The van der Waals surface area contributed by atoms with Crippen LogP contribution in [0, 0.1) is 26.9 Å². The first-order chi connectivity index (χ1) is 13.1. The molecule has 1 aromatic rings. The minimum absolute atomic E-state index is 0.0555. The number of rotatable bonds is 4. The van der Waals surface area contributed by atoms with Crippen LogP contribution in [0.1, 0.15) is 60.7 Å². The monoisotopic (exact) mass is 386 g/mol. The van der Waals surface area contributed by atoms with Crippen LogP contribution in [-0.2, 0) is 9.53 Å². The first-order valence-electron chi connectivity index (χ1n) is 9.41. The number of ether oxygens (including phenoxy) is 1. The fourth-order valence-corrected chi connectivity index (χ4v) is 5.24. The van der Waals surface area contributed by atoms with Crippen molar-refractivity contribution in [3.8, 4) is 0 Å². The summed E-state index contributed by atoms with van der Waals surface area (Å²) in [5, 5.41) is 11.2. The lowest BCUT2D eigenvalue weighted by molar-refractivity contribution is -0.385. The van der Waals surface area contributed by atoms with E-state index in [1.54, 1.807) is 0 Å². The maximum Gasteiger partial charge on any atom is 0.326 e. The summed E-state index contributed by atoms with van der Waals surface area (Å²) in [6.45, 7) is 5.98. The third-order valence-electron chi connectivity index (χ3n) is 7.45. The van der Waals surface area contributed by atoms with Crippen molar-refractivity contribution >= 4 is 23.5 Å². The van der Waals surface area contributed by atoms with Gasteiger partial charge < -0.3 is 4.74 Å². The number of benzene rings is 1. The Hall–Kier alpha value is -2.77. The van der Waals surface area contributed by atoms with Gasteiger partial charge in [0.05, 0.1) is 10.5 Å². The van der Waals surface area contributed by atoms with Gasteiger partial charge in [0.15, 0.2) is 0 Å². The van der Waals surface area contributed by atoms with E-state index < -0.39 is 34.9 Å². The van der Waals surface area contributed by atoms with Gasteiger partial charge in [0.1, 0.15) is 18.2 Å². The maximum absolute atomic E-state index is 12.6. The highest BCUT2D eigenvalue weighted by Gasteiger charge is 2.63. The van der Waals surface area contributed by atoms with E-state index in [9.17, 15) is 24.5 Å². The molecule has 8 heteroatoms. The van der Waals surface area contributed by atoms with Gasteiger partial charge in [0.25, 0.3) is 17.5 Å². The molecule has 1 heterocycles. The molecule has 8 nitrogen and oxygen atoms in total. The van der Waals surface area contributed by atoms with E-state index in [1.807, 2.05) is 0 Å². The zero-order chi connectivity index (χ0) is 20.4. The van der Waals surface area contributed by atoms with E-state index in [1.165, 1.54) is 18.2 Å². The molecule has 2 saturated carbocycles. The van der Waals surface area contributed by atoms with Gasteiger partial charge in [0, 0.05) is 11.5 Å². The molecule has 1 aliphatic heterocycles. The molecule has 2 amide bonds. The second-order valence-electron chi connectivity index (χ2n) is 8.74. The molecule has 148 valence electrons. The SMILES string of the molecule is CC1(C)[C@@H]2CC[C@@]1(C)[C@H](OC(=O)CN1C(=O)c3cccc([N+](=O)[O-])c3C1=O)C2. The van der Waals surface area contributed by atoms with Gasteiger partial charge in [-0.2, -0.15) is 0 Å². The number of carbonyl (C=O) groups excluding carboxylic acids is 3. The Balaban J connectivity index is 1.51. The maximum atomic E-state index is 12.6. The van der Waals surface area contributed by atoms with Gasteiger partial charge in [-0.15, -0.1) is 0 Å². The summed E-state index contributed by atoms with van der Waals surface area (Å²) in [4.78, 5) is 48.9. The smallest absolute Gasteiger partial charge is 0.326 e. The van der Waals surface area contributed by atoms with Crippen LogP contribution in [0.5, 0.6) is 0 Å². The van der Waals surface area contributed by atoms with Crippen molar-refractivity contribution in [1.29, 1.82) is 0 Å². The summed E-state index contributed by atoms with van der Waals surface area (Å²) in [7, 11) is 0. The minimum atomic E-state index is -0.830. The Kier molecular flexibility index (Phi) is 3.89. The van der Waals surface area contributed by atoms with Gasteiger partial charge in [-0.25, -0.2) is 0 Å². The molecule has 0 unspecified atom stereocenters. The summed E-state index contributed by atoms with van der Waals surface area (Å²) in [6, 6.07) is 3.87. The Morgan fingerprint density at radius 2 is 2.00 bits per heavy atom. The highest BCUT2D eigenvalue weighted by Crippen LogP contribution is 2.66. The van der Waals surface area contributed by atoms with Crippen LogP contribution in [0.4, 0.5) is 5.69 Å². The van der Waals surface area contributed by atoms with Crippen LogP contribution in [0.25, 0.3) is 0 Å². The number of nitrogens with zero attached hydrogens (tertiary/aromatic N) is 2. The van der Waals surface area contributed by atoms with Gasteiger partial charge in [0.2, 0.25) is 0 Å². The second kappa shape index (κ2) is 5.86. The third kappa shape index (κ3) is 2.33. The van der Waals surface area contributed by atoms with Crippen molar-refractivity contribution in [2.75, 3.05) is 6.54 Å². The van der Waals surface area contributed by atoms with Crippen molar-refractivity contribution in [1.82, 2.24) is 4.90 Å². The lowest BCUT2D eigenvalue weighted by Gasteiger charge is -2.38. The summed E-state index contributed by atoms with van der Waals surface area (Å²) in [5.41, 5.74) is -0.824. The topological polar surface area (TPSA) is 107 Å². The molecule has 0 aromatic heterocycles. The molecule has 0 radical (unpaired) electrons. The van der Waals surface area contributed by atoms with Crippen LogP contribution in [-0.4, -0.2) is 40.3 Å². The fraction of sp³-hybridized carbons (Fsp3) is 0.550. The number of carbonyl (C=O) groups is 3. The number of fused-ring (bicyclic) bond motifs is 3. The Morgan fingerprint density at radius 3 is 2.57 bits per heavy atom. The molecule has 2 aliphatic carbocycles. The van der Waals surface area contributed by atoms with Gasteiger partial charge in [-0.3, -0.25) is 29.4 Å². The lowest BCUT2D eigenvalue weighted by Crippen LogP contribution is -2.41. The van der Waals surface area contributed by atoms with Crippen LogP contribution in [0.15, 0.2) is 18.2 Å². The average Bonchev–Trinajstić information content (AvgIpc) is 3.08. The molecule has 0 saturated heterocycles. The van der Waals surface area contributed by atoms with Crippen molar-refractivity contribution in [3.63, 3.8) is 0 Å². The van der Waals surface area contributed by atoms with E-state index >= 15 is 0 Å². The summed E-state index contributed by atoms with van der Waals surface area (Å²) in [6.07, 6.45) is 2.61. The highest BCUT2D eigenvalue weighted by molar-refractivity contribution is 6.24. The standard InChI is InChI=1S/C20H22N2O6/c1-19(2)11-7-8-20(19,3)14(9-11)28-15(23)10-21-17(24)12-5-4-6-13(22(26)27)16(12)18(21)25/h4-6,11,14H,7-10H2,1-3H3/t11-,14-,20+/m1/s1. The fourth-order valence-electron chi connectivity index (χ4n) is 5.24. The Labute approximate surface area is 162 Å². The number of nitro groups is 1. The molecular weight excluding hydrogens is 364 g/mol. The van der Waals surface area contributed by atoms with Gasteiger partial charge in [-0.1, -0.05) is 26.8 Å². The summed E-state index contributed by atoms with van der Waals surface area (Å²) >= 11 is 0. The zero-order valence-electron chi connectivity index (χ0n) is 16.1. The van der Waals surface area contributed by atoms with E-state index in [-0.39, 0.29) is 28.1 Å². The Bertz CT molecular complexity index is 923. The Morgan fingerprint density at radius 1 is 1.29 bits per heavy atom. The average molecular weight is 386 g/mol. The third-order valence-corrected chi connectivity index (χ3v) is 7.45. The normalized spacial score (nSPS) is 29.9. The molecule has 4 rings (SSSR count). The number of nitro benzene ring substituents is 1. The van der Waals surface area contributed by atoms with Crippen molar-refractivity contribution in [2.45, 2.75) is 46.1 Å². The van der Waals surface area contributed by atoms with Gasteiger partial charge >= 0.3 is 5.97 Å². The number of imide groups is 1. The molecule has 2 fully saturated rings. The van der Waals surface area contributed by atoms with Crippen LogP contribution < -0.4 is 0 Å². The molecule has 1 aromatic carbocycles. The summed E-state index contributed by atoms with van der Waals surface area (Å²) < 4.78 is 5.70. The number of esters is 1. The predicted octanol–water partition coefficient (Wildman–Crippen LogP) is 2.95. The molecule has 2 bridgehead atoms. The first-order valence-corrected chi connectivity index (χ1v) is 9.41. The van der Waals surface area contributed by atoms with Crippen LogP contribution >= 0.6 is 0 Å². The molecular formula is C20H22N2O6. The van der Waals surface area contributed by atoms with E-state index in [0.29, 0.717) is 5.92 Å². The van der Waals surface area contributed by atoms with Crippen molar-refractivity contribution < 1.29 is 24.0 Å². The first kappa shape index (κ1) is 18.6. The largest absolute Gasteiger partial charge is 0.460 e. The van der Waals surface area contributed by atoms with Crippen LogP contribution in [0.3, 0.4) is 0 Å². The van der Waals surface area contributed by atoms with Crippen LogP contribution in [0.2, 0.25) is 0 Å². The van der Waals surface area contributed by atoms with Crippen molar-refractivity contribution in [3.05, 3.63) is 39.4 Å². The molecule has 28 heavy (non-hydrogen) atoms. The molecule has 3 aliphatic rings. The van der Waals surface area contributed by atoms with E-state index in [4.69, 9.17) is 4.74 Å². The zero-order valence-corrected chi connectivity index (χ0v) is 16.1. The number of amides is 2. The predicted molar refractivity (Wildman–Crippen MR) is 97.6 cm³/mol. The highest BCUT2D eigenvalue weighted by atomic mass is 16.6. The lowest BCUT2D eigenvalue weighted by atomic mass is 9.70. The van der Waals surface area contributed by atoms with Gasteiger partial charge in [-0.05, 0) is 36.7 Å². The quantitative estimate of drug-likeness (QED) is 0.341. The van der Waals surface area contributed by atoms with Crippen molar-refractivity contribution in [2.24, 2.45) is 16.7 Å². The minimum Gasteiger partial charge on any atom is -0.460 e. The number of hydrogen-bond donors (Lipinski definition) is 0. The second-order valence-corrected chi connectivity index (χ2v) is 8.74.